The van der Waals surface area contributed by atoms with Gasteiger partial charge in [-0.15, -0.1) is 5.10 Å². The molecule has 8 nitrogen and oxygen atoms in total. The fourth-order valence-corrected chi connectivity index (χ4v) is 3.55. The number of hydrogen-bond acceptors (Lipinski definition) is 8. The first-order valence-electron chi connectivity index (χ1n) is 10.1. The van der Waals surface area contributed by atoms with Crippen molar-refractivity contribution in [2.24, 2.45) is 0 Å². The Kier molecular flexibility index (Phi) is 7.51. The number of β-amino-alcohol motifs (C(OH)–C–C–N with tert-alkyl or cyclic N) is 1. The highest BCUT2D eigenvalue weighted by Crippen LogP contribution is 2.41. The van der Waals surface area contributed by atoms with Crippen LogP contribution in [0.1, 0.15) is 33.6 Å². The van der Waals surface area contributed by atoms with Crippen molar-refractivity contribution in [1.82, 2.24) is 14.7 Å². The summed E-state index contributed by atoms with van der Waals surface area (Å²) < 4.78 is 24.7. The van der Waals surface area contributed by atoms with E-state index in [9.17, 15) is 5.11 Å². The van der Waals surface area contributed by atoms with Crippen LogP contribution in [0, 0.1) is 4.84 Å². The lowest BCUT2D eigenvalue weighted by Gasteiger charge is -2.29. The largest absolute Gasteiger partial charge is 0.490 e. The van der Waals surface area contributed by atoms with E-state index in [2.05, 4.69) is 10.00 Å². The minimum absolute atomic E-state index is 0.282. The molecule has 0 aliphatic carbocycles. The van der Waals surface area contributed by atoms with Crippen molar-refractivity contribution in [1.29, 1.82) is 0 Å². The van der Waals surface area contributed by atoms with Crippen LogP contribution in [-0.4, -0.2) is 58.8 Å². The molecule has 29 heavy (non-hydrogen) atoms. The molecule has 0 unspecified atom stereocenters. The monoisotopic (exact) mass is 423 g/mol. The second kappa shape index (κ2) is 10.1. The topological polar surface area (TPSA) is 82.1 Å². The molecular weight excluding hydrogens is 394 g/mol. The Balaban J connectivity index is 1.92. The molecule has 160 valence electrons. The third-order valence-corrected chi connectivity index (χ3v) is 4.87. The van der Waals surface area contributed by atoms with Crippen molar-refractivity contribution < 1.29 is 23.7 Å². The van der Waals surface area contributed by atoms with E-state index in [1.807, 2.05) is 32.9 Å². The van der Waals surface area contributed by atoms with Gasteiger partial charge in [0.05, 0.1) is 32.6 Å². The maximum Gasteiger partial charge on any atom is 0.288 e. The van der Waals surface area contributed by atoms with Gasteiger partial charge in [0.2, 0.25) is 11.6 Å². The van der Waals surface area contributed by atoms with E-state index in [1.54, 1.807) is 4.68 Å². The number of nitrogens with zero attached hydrogens (tertiary/aromatic N) is 3. The fraction of sp³-hybridized carbons (Fsp3) is 0.600. The zero-order valence-corrected chi connectivity index (χ0v) is 18.0. The second-order valence-corrected chi connectivity index (χ2v) is 7.14. The molecule has 1 fully saturated rings. The summed E-state index contributed by atoms with van der Waals surface area (Å²) in [5.74, 6) is 2.10. The molecule has 2 aromatic rings. The van der Waals surface area contributed by atoms with Gasteiger partial charge in [0.15, 0.2) is 11.5 Å². The molecule has 3 rings (SSSR count). The van der Waals surface area contributed by atoms with Crippen molar-refractivity contribution in [3.05, 3.63) is 17.0 Å². The average Bonchev–Trinajstić information content (AvgIpc) is 3.05. The van der Waals surface area contributed by atoms with Crippen molar-refractivity contribution in [3.63, 3.8) is 0 Å². The number of rotatable bonds is 9. The zero-order valence-electron chi connectivity index (χ0n) is 17.2. The first-order valence-corrected chi connectivity index (χ1v) is 10.5. The van der Waals surface area contributed by atoms with Gasteiger partial charge in [-0.3, -0.25) is 4.90 Å². The van der Waals surface area contributed by atoms with E-state index >= 15 is 0 Å². The summed E-state index contributed by atoms with van der Waals surface area (Å²) in [6.07, 6.45) is 1.48. The highest BCUT2D eigenvalue weighted by atomic mass is 32.1. The number of ether oxygens (including phenoxy) is 3. The van der Waals surface area contributed by atoms with Crippen LogP contribution in [0.5, 0.6) is 17.2 Å². The third kappa shape index (κ3) is 5.29. The van der Waals surface area contributed by atoms with Gasteiger partial charge in [0.1, 0.15) is 0 Å². The molecule has 1 atom stereocenters. The van der Waals surface area contributed by atoms with Gasteiger partial charge in [-0.2, -0.15) is 0 Å². The van der Waals surface area contributed by atoms with E-state index in [1.165, 1.54) is 0 Å². The first kappa shape index (κ1) is 21.6. The molecule has 1 N–H and O–H groups in total. The molecule has 1 aliphatic heterocycles. The Morgan fingerprint density at radius 2 is 1.79 bits per heavy atom. The molecule has 1 aliphatic rings. The Hall–Kier alpha value is -2.10. The van der Waals surface area contributed by atoms with Crippen LogP contribution < -0.4 is 14.2 Å². The van der Waals surface area contributed by atoms with Crippen LogP contribution in [-0.2, 0) is 6.67 Å². The second-order valence-electron chi connectivity index (χ2n) is 6.79. The van der Waals surface area contributed by atoms with E-state index in [-0.39, 0.29) is 10.9 Å². The minimum atomic E-state index is -0.307. The number of likely N-dealkylation sites (tertiary alicyclic amines) is 1. The van der Waals surface area contributed by atoms with Crippen molar-refractivity contribution >= 4 is 12.2 Å². The SMILES string of the molecule is CCOc1cc(-c2nn(CN3CCC[C@@H](O)C3)c(=S)o2)cc(OCC)c1OCC. The smallest absolute Gasteiger partial charge is 0.288 e. The van der Waals surface area contributed by atoms with Gasteiger partial charge in [0, 0.05) is 18.7 Å². The predicted octanol–water partition coefficient (Wildman–Crippen LogP) is 3.48. The normalized spacial score (nSPS) is 17.3. The highest BCUT2D eigenvalue weighted by Gasteiger charge is 2.21. The van der Waals surface area contributed by atoms with Crippen molar-refractivity contribution in [2.45, 2.75) is 46.4 Å². The van der Waals surface area contributed by atoms with Crippen LogP contribution in [0.15, 0.2) is 16.5 Å². The summed E-state index contributed by atoms with van der Waals surface area (Å²) in [7, 11) is 0. The lowest BCUT2D eigenvalue weighted by atomic mass is 10.1. The minimum Gasteiger partial charge on any atom is -0.490 e. The fourth-order valence-electron chi connectivity index (χ4n) is 3.37. The van der Waals surface area contributed by atoms with E-state index in [0.717, 1.165) is 19.4 Å². The van der Waals surface area contributed by atoms with Gasteiger partial charge in [-0.05, 0) is 58.0 Å². The standard InChI is InChI=1S/C20H29N3O5S/c1-4-25-16-10-14(11-17(26-5-2)18(16)27-6-3)19-21-23(20(29)28-19)13-22-9-7-8-15(24)12-22/h10-11,15,24H,4-9,12-13H2,1-3H3/t15-/m1/s1. The Morgan fingerprint density at radius 3 is 2.38 bits per heavy atom. The van der Waals surface area contributed by atoms with Crippen LogP contribution in [0.4, 0.5) is 0 Å². The molecule has 0 bridgehead atoms. The molecule has 2 heterocycles. The lowest BCUT2D eigenvalue weighted by Crippen LogP contribution is -2.39. The summed E-state index contributed by atoms with van der Waals surface area (Å²) >= 11 is 5.36. The quantitative estimate of drug-likeness (QED) is 0.614. The van der Waals surface area contributed by atoms with Crippen LogP contribution >= 0.6 is 12.2 Å². The number of hydrogen-bond donors (Lipinski definition) is 1. The van der Waals surface area contributed by atoms with Crippen molar-refractivity contribution in [2.75, 3.05) is 32.9 Å². The lowest BCUT2D eigenvalue weighted by molar-refractivity contribution is 0.0509. The molecule has 0 radical (unpaired) electrons. The Labute approximate surface area is 176 Å². The first-order chi connectivity index (χ1) is 14.0. The molecule has 1 aromatic carbocycles. The average molecular weight is 424 g/mol. The molecule has 9 heteroatoms. The van der Waals surface area contributed by atoms with Gasteiger partial charge in [0.25, 0.3) is 4.84 Å². The summed E-state index contributed by atoms with van der Waals surface area (Å²) in [6.45, 7) is 9.20. The molecule has 0 amide bonds. The van der Waals surface area contributed by atoms with Gasteiger partial charge >= 0.3 is 0 Å². The van der Waals surface area contributed by atoms with Crippen LogP contribution in [0.3, 0.4) is 0 Å². The van der Waals surface area contributed by atoms with E-state index < -0.39 is 0 Å². The summed E-state index contributed by atoms with van der Waals surface area (Å²) in [4.78, 5) is 2.40. The van der Waals surface area contributed by atoms with Crippen molar-refractivity contribution in [3.8, 4) is 28.7 Å². The zero-order chi connectivity index (χ0) is 20.8. The van der Waals surface area contributed by atoms with Gasteiger partial charge in [-0.1, -0.05) is 0 Å². The number of aromatic nitrogens is 2. The van der Waals surface area contributed by atoms with Crippen LogP contribution in [0.25, 0.3) is 11.5 Å². The van der Waals surface area contributed by atoms with Gasteiger partial charge in [-0.25, -0.2) is 4.68 Å². The maximum atomic E-state index is 9.88. The molecular formula is C20H29N3O5S. The third-order valence-electron chi connectivity index (χ3n) is 4.58. The van der Waals surface area contributed by atoms with E-state index in [4.69, 9.17) is 30.8 Å². The molecule has 1 aromatic heterocycles. The number of benzene rings is 1. The van der Waals surface area contributed by atoms with Gasteiger partial charge < -0.3 is 23.7 Å². The number of aliphatic hydroxyl groups excluding tert-OH is 1. The highest BCUT2D eigenvalue weighted by molar-refractivity contribution is 7.71. The Bertz CT molecular complexity index is 839. The van der Waals surface area contributed by atoms with E-state index in [0.29, 0.717) is 61.7 Å². The molecule has 1 saturated heterocycles. The summed E-state index contributed by atoms with van der Waals surface area (Å²) in [5, 5.41) is 14.4. The number of aliphatic hydroxyl groups is 1. The summed E-state index contributed by atoms with van der Waals surface area (Å²) in [5.41, 5.74) is 0.698. The molecule has 0 spiro atoms. The molecule has 0 saturated carbocycles. The predicted molar refractivity (Wildman–Crippen MR) is 111 cm³/mol. The number of piperidine rings is 1. The maximum absolute atomic E-state index is 9.88. The Morgan fingerprint density at radius 1 is 1.14 bits per heavy atom. The van der Waals surface area contributed by atoms with Crippen LogP contribution in [0.2, 0.25) is 0 Å². The summed E-state index contributed by atoms with van der Waals surface area (Å²) in [6, 6.07) is 3.65.